The van der Waals surface area contributed by atoms with Gasteiger partial charge in [0.05, 0.1) is 6.04 Å². The van der Waals surface area contributed by atoms with E-state index < -0.39 is 12.0 Å². The molecule has 0 bridgehead atoms. The molecule has 1 aromatic carbocycles. The highest BCUT2D eigenvalue weighted by Gasteiger charge is 2.24. The Balaban J connectivity index is 1.78. The molecule has 1 aliphatic rings. The van der Waals surface area contributed by atoms with Crippen molar-refractivity contribution in [2.24, 2.45) is 0 Å². The van der Waals surface area contributed by atoms with Gasteiger partial charge in [-0.1, -0.05) is 17.7 Å². The predicted molar refractivity (Wildman–Crippen MR) is 94.4 cm³/mol. The van der Waals surface area contributed by atoms with Crippen molar-refractivity contribution in [3.63, 3.8) is 0 Å². The Bertz CT molecular complexity index is 903. The number of benzene rings is 1. The fourth-order valence-corrected chi connectivity index (χ4v) is 2.56. The number of carboxylic acid groups (broad SMARTS) is 1. The molecule has 0 spiro atoms. The normalized spacial score (nSPS) is 17.7. The van der Waals surface area contributed by atoms with Crippen molar-refractivity contribution in [3.05, 3.63) is 59.0 Å². The molecule has 1 aliphatic heterocycles. The number of carboxylic acids is 1. The molecular weight excluding hydrogens is 358 g/mol. The Hall–Kier alpha value is -3.00. The van der Waals surface area contributed by atoms with Crippen molar-refractivity contribution >= 4 is 29.1 Å². The number of tetrazole rings is 1. The van der Waals surface area contributed by atoms with Crippen molar-refractivity contribution in [1.82, 2.24) is 25.1 Å². The van der Waals surface area contributed by atoms with Gasteiger partial charge < -0.3 is 10.0 Å². The average molecular weight is 374 g/mol. The second-order valence-corrected chi connectivity index (χ2v) is 6.28. The van der Waals surface area contributed by atoms with Crippen molar-refractivity contribution in [2.45, 2.75) is 25.9 Å². The van der Waals surface area contributed by atoms with Crippen molar-refractivity contribution < 1.29 is 14.7 Å². The molecule has 1 aromatic heterocycles. The summed E-state index contributed by atoms with van der Waals surface area (Å²) in [6.07, 6.45) is 5.17. The molecule has 1 N–H and O–H groups in total. The number of hydrogen-bond acceptors (Lipinski definition) is 5. The summed E-state index contributed by atoms with van der Waals surface area (Å²) in [5.74, 6) is -0.896. The van der Waals surface area contributed by atoms with Gasteiger partial charge in [-0.2, -0.15) is 0 Å². The summed E-state index contributed by atoms with van der Waals surface area (Å²) in [7, 11) is 0. The minimum Gasteiger partial charge on any atom is -0.480 e. The Morgan fingerprint density at radius 1 is 1.27 bits per heavy atom. The number of rotatable bonds is 4. The molecule has 2 heterocycles. The van der Waals surface area contributed by atoms with Crippen LogP contribution in [-0.2, 0) is 4.79 Å². The van der Waals surface area contributed by atoms with Crippen LogP contribution in [-0.4, -0.2) is 48.1 Å². The van der Waals surface area contributed by atoms with Crippen LogP contribution in [0.1, 0.15) is 36.1 Å². The maximum Gasteiger partial charge on any atom is 0.330 e. The van der Waals surface area contributed by atoms with Gasteiger partial charge in [-0.15, -0.1) is 15.0 Å². The summed E-state index contributed by atoms with van der Waals surface area (Å²) >= 11 is 5.85. The largest absolute Gasteiger partial charge is 0.480 e. The monoisotopic (exact) mass is 373 g/mol. The highest BCUT2D eigenvalue weighted by atomic mass is 35.5. The highest BCUT2D eigenvalue weighted by molar-refractivity contribution is 6.30. The lowest BCUT2D eigenvalue weighted by Gasteiger charge is -2.27. The Kier molecular flexibility index (Phi) is 4.85. The minimum atomic E-state index is -1.05. The van der Waals surface area contributed by atoms with Crippen LogP contribution in [0.4, 0.5) is 0 Å². The zero-order valence-electron chi connectivity index (χ0n) is 14.1. The number of carbonyl (C=O) groups is 2. The molecule has 0 radical (unpaired) electrons. The van der Waals surface area contributed by atoms with Gasteiger partial charge in [0, 0.05) is 22.4 Å². The third-order valence-corrected chi connectivity index (χ3v) is 4.24. The third-order valence-electron chi connectivity index (χ3n) is 3.99. The van der Waals surface area contributed by atoms with Crippen molar-refractivity contribution in [3.8, 4) is 0 Å². The Morgan fingerprint density at radius 2 is 1.96 bits per heavy atom. The molecule has 8 nitrogen and oxygen atoms in total. The maximum absolute atomic E-state index is 12.6. The van der Waals surface area contributed by atoms with Crippen LogP contribution >= 0.6 is 11.6 Å². The van der Waals surface area contributed by atoms with Crippen molar-refractivity contribution in [2.75, 3.05) is 0 Å². The van der Waals surface area contributed by atoms with Crippen LogP contribution in [0.25, 0.3) is 5.57 Å². The molecule has 26 heavy (non-hydrogen) atoms. The van der Waals surface area contributed by atoms with Crippen LogP contribution in [0.15, 0.2) is 42.6 Å². The number of carbonyl (C=O) groups excluding carboxylic acids is 1. The predicted octanol–water partition coefficient (Wildman–Crippen LogP) is 2.41. The van der Waals surface area contributed by atoms with E-state index in [9.17, 15) is 9.59 Å². The average Bonchev–Trinajstić information content (AvgIpc) is 3.11. The van der Waals surface area contributed by atoms with Crippen LogP contribution in [0.5, 0.6) is 0 Å². The number of nitrogens with zero attached hydrogens (tertiary/aromatic N) is 5. The summed E-state index contributed by atoms with van der Waals surface area (Å²) in [6.45, 7) is 3.33. The Labute approximate surface area is 154 Å². The van der Waals surface area contributed by atoms with E-state index >= 15 is 0 Å². The smallest absolute Gasteiger partial charge is 0.330 e. The van der Waals surface area contributed by atoms with E-state index in [1.54, 1.807) is 41.4 Å². The molecule has 0 aliphatic carbocycles. The lowest BCUT2D eigenvalue weighted by molar-refractivity contribution is -0.141. The number of allylic oxidation sites excluding steroid dienone is 2. The molecule has 2 unspecified atom stereocenters. The van der Waals surface area contributed by atoms with Crippen LogP contribution < -0.4 is 0 Å². The zero-order chi connectivity index (χ0) is 18.8. The van der Waals surface area contributed by atoms with Gasteiger partial charge in [-0.3, -0.25) is 4.79 Å². The molecule has 9 heteroatoms. The van der Waals surface area contributed by atoms with Crippen molar-refractivity contribution in [1.29, 1.82) is 0 Å². The first-order valence-corrected chi connectivity index (χ1v) is 8.25. The number of amides is 1. The van der Waals surface area contributed by atoms with E-state index in [1.807, 2.05) is 13.0 Å². The lowest BCUT2D eigenvalue weighted by atomic mass is 10.1. The zero-order valence-corrected chi connectivity index (χ0v) is 14.8. The van der Waals surface area contributed by atoms with Gasteiger partial charge in [0.2, 0.25) is 5.82 Å². The van der Waals surface area contributed by atoms with E-state index in [2.05, 4.69) is 15.4 Å². The second kappa shape index (κ2) is 7.09. The van der Waals surface area contributed by atoms with Gasteiger partial charge in [0.15, 0.2) is 6.04 Å². The first-order chi connectivity index (χ1) is 12.4. The van der Waals surface area contributed by atoms with E-state index in [4.69, 9.17) is 16.7 Å². The number of aromatic nitrogens is 4. The van der Waals surface area contributed by atoms with Gasteiger partial charge in [-0.05, 0) is 49.4 Å². The number of hydrogen-bond donors (Lipinski definition) is 1. The molecule has 0 saturated heterocycles. The van der Waals surface area contributed by atoms with Gasteiger partial charge in [0.1, 0.15) is 0 Å². The fourth-order valence-electron chi connectivity index (χ4n) is 2.44. The van der Waals surface area contributed by atoms with E-state index in [0.717, 1.165) is 4.80 Å². The molecule has 134 valence electrons. The van der Waals surface area contributed by atoms with E-state index in [1.165, 1.54) is 6.92 Å². The first-order valence-electron chi connectivity index (χ1n) is 7.88. The fraction of sp³-hybridized carbons (Fsp3) is 0.235. The molecule has 0 fully saturated rings. The molecule has 0 saturated carbocycles. The van der Waals surface area contributed by atoms with Gasteiger partial charge >= 0.3 is 5.97 Å². The van der Waals surface area contributed by atoms with Gasteiger partial charge in [-0.25, -0.2) is 4.79 Å². The molecular formula is C17H16ClN5O3. The standard InChI is InChI=1S/C17H16ClN5O3/c1-10-9-13(15-19-21-23(20-15)11(2)17(25)26)7-8-22(10)16(24)12-3-5-14(18)6-4-12/h3-11H,1-2H3,(H,25,26). The Morgan fingerprint density at radius 3 is 2.58 bits per heavy atom. The van der Waals surface area contributed by atoms with Crippen LogP contribution in [0.3, 0.4) is 0 Å². The topological polar surface area (TPSA) is 101 Å². The summed E-state index contributed by atoms with van der Waals surface area (Å²) in [5.41, 5.74) is 1.20. The van der Waals surface area contributed by atoms with Gasteiger partial charge in [0.25, 0.3) is 5.91 Å². The summed E-state index contributed by atoms with van der Waals surface area (Å²) in [5, 5.41) is 21.3. The summed E-state index contributed by atoms with van der Waals surface area (Å²) in [6, 6.07) is 5.53. The molecule has 2 aromatic rings. The summed E-state index contributed by atoms with van der Waals surface area (Å²) < 4.78 is 0. The van der Waals surface area contributed by atoms with E-state index in [0.29, 0.717) is 22.0 Å². The SMILES string of the molecule is CC1C=C(c2nnn(C(C)C(=O)O)n2)C=CN1C(=O)c1ccc(Cl)cc1. The highest BCUT2D eigenvalue weighted by Crippen LogP contribution is 2.22. The number of halogens is 1. The summed E-state index contributed by atoms with van der Waals surface area (Å²) in [4.78, 5) is 26.2. The van der Waals surface area contributed by atoms with Crippen LogP contribution in [0.2, 0.25) is 5.02 Å². The quantitative estimate of drug-likeness (QED) is 0.883. The first kappa shape index (κ1) is 17.8. The number of aliphatic carboxylic acids is 1. The molecule has 1 amide bonds. The molecule has 3 rings (SSSR count). The lowest BCUT2D eigenvalue weighted by Crippen LogP contribution is -2.34. The maximum atomic E-state index is 12.6. The second-order valence-electron chi connectivity index (χ2n) is 5.85. The van der Waals surface area contributed by atoms with Crippen LogP contribution in [0, 0.1) is 0 Å². The third kappa shape index (κ3) is 3.50. The molecule has 2 atom stereocenters. The van der Waals surface area contributed by atoms with E-state index in [-0.39, 0.29) is 11.9 Å². The minimum absolute atomic E-state index is 0.156.